The summed E-state index contributed by atoms with van der Waals surface area (Å²) < 4.78 is 5.47. The van der Waals surface area contributed by atoms with Crippen molar-refractivity contribution in [3.05, 3.63) is 34.9 Å². The minimum Gasteiger partial charge on any atom is -0.447 e. The molecule has 180 valence electrons. The molecule has 2 saturated carbocycles. The number of rotatable bonds is 6. The van der Waals surface area contributed by atoms with Crippen molar-refractivity contribution in [2.24, 2.45) is 17.1 Å². The average Bonchev–Trinajstić information content (AvgIpc) is 3.57. The lowest BCUT2D eigenvalue weighted by atomic mass is 9.63. The molecule has 1 unspecified atom stereocenters. The van der Waals surface area contributed by atoms with Crippen molar-refractivity contribution in [1.29, 1.82) is 0 Å². The molecule has 2 N–H and O–H groups in total. The summed E-state index contributed by atoms with van der Waals surface area (Å²) in [6.07, 6.45) is 10.7. The molecule has 0 radical (unpaired) electrons. The first kappa shape index (κ1) is 23.0. The van der Waals surface area contributed by atoms with E-state index in [-0.39, 0.29) is 23.0 Å². The largest absolute Gasteiger partial charge is 0.447 e. The van der Waals surface area contributed by atoms with E-state index in [1.807, 2.05) is 29.2 Å². The van der Waals surface area contributed by atoms with Gasteiger partial charge in [-0.3, -0.25) is 9.69 Å². The number of carbonyl (C=O) groups excluding carboxylic acids is 2. The Labute approximate surface area is 201 Å². The molecule has 2 aliphatic heterocycles. The van der Waals surface area contributed by atoms with Gasteiger partial charge >= 0.3 is 6.09 Å². The Balaban J connectivity index is 1.26. The van der Waals surface area contributed by atoms with Crippen LogP contribution in [0.3, 0.4) is 0 Å². The van der Waals surface area contributed by atoms with E-state index in [9.17, 15) is 9.59 Å². The van der Waals surface area contributed by atoms with Gasteiger partial charge in [-0.05, 0) is 74.0 Å². The van der Waals surface area contributed by atoms with Gasteiger partial charge in [0.1, 0.15) is 6.61 Å². The topological polar surface area (TPSA) is 75.9 Å². The molecular weight excluding hydrogens is 438 g/mol. The van der Waals surface area contributed by atoms with E-state index in [0.29, 0.717) is 24.0 Å². The first-order valence-corrected chi connectivity index (χ1v) is 13.0. The molecule has 33 heavy (non-hydrogen) atoms. The van der Waals surface area contributed by atoms with Crippen molar-refractivity contribution in [3.8, 4) is 0 Å². The molecule has 5 rings (SSSR count). The summed E-state index contributed by atoms with van der Waals surface area (Å²) in [5.41, 5.74) is 7.40. The number of hydrogen-bond acceptors (Lipinski definition) is 4. The van der Waals surface area contributed by atoms with Gasteiger partial charge in [-0.25, -0.2) is 4.79 Å². The van der Waals surface area contributed by atoms with Crippen LogP contribution in [0.1, 0.15) is 63.4 Å². The molecule has 7 heteroatoms. The van der Waals surface area contributed by atoms with Gasteiger partial charge < -0.3 is 15.4 Å². The van der Waals surface area contributed by atoms with Crippen LogP contribution in [-0.4, -0.2) is 59.6 Å². The number of amides is 2. The SMILES string of the molecule is NC(Cc1ccc(Cl)cc1)C(=O)N1CCC(CN2C(=O)OCC23CC3)(C2CCCCC2)CC1. The molecule has 0 aromatic heterocycles. The number of benzene rings is 1. The summed E-state index contributed by atoms with van der Waals surface area (Å²) in [5, 5.41) is 0.684. The molecule has 1 aromatic carbocycles. The minimum atomic E-state index is -0.545. The number of likely N-dealkylation sites (tertiary alicyclic amines) is 1. The van der Waals surface area contributed by atoms with Gasteiger partial charge in [0.2, 0.25) is 5.91 Å². The van der Waals surface area contributed by atoms with Gasteiger partial charge in [0, 0.05) is 24.7 Å². The number of piperidine rings is 1. The van der Waals surface area contributed by atoms with Gasteiger partial charge in [0.15, 0.2) is 0 Å². The van der Waals surface area contributed by atoms with E-state index < -0.39 is 6.04 Å². The molecule has 1 spiro atoms. The second-order valence-electron chi connectivity index (χ2n) is 10.8. The Morgan fingerprint density at radius 3 is 2.39 bits per heavy atom. The fraction of sp³-hybridized carbons (Fsp3) is 0.692. The second kappa shape index (κ2) is 9.10. The van der Waals surface area contributed by atoms with E-state index >= 15 is 0 Å². The van der Waals surface area contributed by atoms with Crippen molar-refractivity contribution >= 4 is 23.6 Å². The van der Waals surface area contributed by atoms with E-state index in [2.05, 4.69) is 4.90 Å². The van der Waals surface area contributed by atoms with Gasteiger partial charge in [-0.1, -0.05) is 43.0 Å². The molecule has 2 aliphatic carbocycles. The highest BCUT2D eigenvalue weighted by atomic mass is 35.5. The van der Waals surface area contributed by atoms with E-state index in [4.69, 9.17) is 22.1 Å². The second-order valence-corrected chi connectivity index (χ2v) is 11.3. The maximum atomic E-state index is 13.2. The lowest BCUT2D eigenvalue weighted by molar-refractivity contribution is -0.136. The van der Waals surface area contributed by atoms with Crippen LogP contribution in [0, 0.1) is 11.3 Å². The van der Waals surface area contributed by atoms with Crippen LogP contribution in [0.15, 0.2) is 24.3 Å². The highest BCUT2D eigenvalue weighted by Crippen LogP contribution is 2.52. The number of nitrogens with zero attached hydrogens (tertiary/aromatic N) is 2. The number of ether oxygens (including phenoxy) is 1. The van der Waals surface area contributed by atoms with E-state index in [1.54, 1.807) is 0 Å². The van der Waals surface area contributed by atoms with Crippen LogP contribution in [0.5, 0.6) is 0 Å². The Morgan fingerprint density at radius 1 is 1.09 bits per heavy atom. The summed E-state index contributed by atoms with van der Waals surface area (Å²) in [5.74, 6) is 0.650. The van der Waals surface area contributed by atoms with Gasteiger partial charge in [-0.15, -0.1) is 0 Å². The van der Waals surface area contributed by atoms with Gasteiger partial charge in [0.25, 0.3) is 0 Å². The Hall–Kier alpha value is -1.79. The summed E-state index contributed by atoms with van der Waals surface area (Å²) in [7, 11) is 0. The minimum absolute atomic E-state index is 0.0291. The third-order valence-corrected chi connectivity index (χ3v) is 9.04. The quantitative estimate of drug-likeness (QED) is 0.665. The molecular formula is C26H36ClN3O3. The number of cyclic esters (lactones) is 1. The molecule has 2 amide bonds. The van der Waals surface area contributed by atoms with Crippen LogP contribution in [0.4, 0.5) is 4.79 Å². The van der Waals surface area contributed by atoms with Crippen molar-refractivity contribution in [2.75, 3.05) is 26.2 Å². The molecule has 6 nitrogen and oxygen atoms in total. The van der Waals surface area contributed by atoms with E-state index in [0.717, 1.165) is 50.9 Å². The lowest BCUT2D eigenvalue weighted by Gasteiger charge is -2.50. The molecule has 0 bridgehead atoms. The zero-order valence-corrected chi connectivity index (χ0v) is 20.2. The highest BCUT2D eigenvalue weighted by molar-refractivity contribution is 6.30. The lowest BCUT2D eigenvalue weighted by Crippen LogP contribution is -2.55. The normalized spacial score (nSPS) is 25.2. The van der Waals surface area contributed by atoms with Crippen LogP contribution in [-0.2, 0) is 16.0 Å². The zero-order chi connectivity index (χ0) is 23.1. The van der Waals surface area contributed by atoms with Crippen molar-refractivity contribution in [1.82, 2.24) is 9.80 Å². The number of carbonyl (C=O) groups is 2. The van der Waals surface area contributed by atoms with Crippen molar-refractivity contribution in [2.45, 2.75) is 75.8 Å². The molecule has 2 heterocycles. The first-order chi connectivity index (χ1) is 15.9. The van der Waals surface area contributed by atoms with Crippen LogP contribution >= 0.6 is 11.6 Å². The summed E-state index contributed by atoms with van der Waals surface area (Å²) >= 11 is 5.98. The standard InChI is InChI=1S/C26H36ClN3O3/c27-21-8-6-19(7-9-21)16-22(28)23(31)29-14-12-25(13-15-29,20-4-2-1-3-5-20)17-30-24(32)33-18-26(30)10-11-26/h6-9,20,22H,1-5,10-18,28H2. The summed E-state index contributed by atoms with van der Waals surface area (Å²) in [6.45, 7) is 2.78. The van der Waals surface area contributed by atoms with Gasteiger partial charge in [-0.2, -0.15) is 0 Å². The van der Waals surface area contributed by atoms with Gasteiger partial charge in [0.05, 0.1) is 11.6 Å². The number of nitrogens with two attached hydrogens (primary N) is 1. The first-order valence-electron chi connectivity index (χ1n) is 12.6. The average molecular weight is 474 g/mol. The smallest absolute Gasteiger partial charge is 0.410 e. The number of hydrogen-bond donors (Lipinski definition) is 1. The van der Waals surface area contributed by atoms with Crippen molar-refractivity contribution in [3.63, 3.8) is 0 Å². The fourth-order valence-electron chi connectivity index (χ4n) is 6.43. The summed E-state index contributed by atoms with van der Waals surface area (Å²) in [6, 6.07) is 7.00. The monoisotopic (exact) mass is 473 g/mol. The fourth-order valence-corrected chi connectivity index (χ4v) is 6.56. The highest BCUT2D eigenvalue weighted by Gasteiger charge is 2.59. The third-order valence-electron chi connectivity index (χ3n) is 8.79. The molecule has 2 saturated heterocycles. The number of halogens is 1. The molecule has 1 aromatic rings. The third kappa shape index (κ3) is 4.61. The maximum absolute atomic E-state index is 13.2. The molecule has 4 fully saturated rings. The van der Waals surface area contributed by atoms with Crippen LogP contribution < -0.4 is 5.73 Å². The van der Waals surface area contributed by atoms with Crippen LogP contribution in [0.2, 0.25) is 5.02 Å². The van der Waals surface area contributed by atoms with Crippen LogP contribution in [0.25, 0.3) is 0 Å². The molecule has 4 aliphatic rings. The maximum Gasteiger partial charge on any atom is 0.410 e. The Kier molecular flexibility index (Phi) is 6.34. The predicted molar refractivity (Wildman–Crippen MR) is 128 cm³/mol. The predicted octanol–water partition coefficient (Wildman–Crippen LogP) is 4.38. The summed E-state index contributed by atoms with van der Waals surface area (Å²) in [4.78, 5) is 29.8. The van der Waals surface area contributed by atoms with E-state index in [1.165, 1.54) is 32.1 Å². The Bertz CT molecular complexity index is 871. The molecule has 1 atom stereocenters. The van der Waals surface area contributed by atoms with Crippen molar-refractivity contribution < 1.29 is 14.3 Å². The zero-order valence-electron chi connectivity index (χ0n) is 19.4. The Morgan fingerprint density at radius 2 is 1.76 bits per heavy atom.